The van der Waals surface area contributed by atoms with E-state index in [-0.39, 0.29) is 0 Å². The van der Waals surface area contributed by atoms with Gasteiger partial charge in [-0.3, -0.25) is 4.90 Å². The summed E-state index contributed by atoms with van der Waals surface area (Å²) in [4.78, 5) is 5.00. The van der Waals surface area contributed by atoms with Gasteiger partial charge in [-0.1, -0.05) is 0 Å². The molecule has 0 aromatic heterocycles. The van der Waals surface area contributed by atoms with Crippen molar-refractivity contribution in [2.75, 3.05) is 52.9 Å². The van der Waals surface area contributed by atoms with Crippen molar-refractivity contribution in [3.05, 3.63) is 12.3 Å². The van der Waals surface area contributed by atoms with Crippen molar-refractivity contribution in [2.45, 2.75) is 19.4 Å². The van der Waals surface area contributed by atoms with Crippen LogP contribution < -0.4 is 5.32 Å². The van der Waals surface area contributed by atoms with E-state index in [1.165, 1.54) is 19.5 Å². The zero-order chi connectivity index (χ0) is 12.8. The molecule has 0 spiro atoms. The lowest BCUT2D eigenvalue weighted by atomic mass is 10.2. The van der Waals surface area contributed by atoms with Gasteiger partial charge in [0.25, 0.3) is 0 Å². The van der Waals surface area contributed by atoms with E-state index in [4.69, 9.17) is 0 Å². The van der Waals surface area contributed by atoms with Gasteiger partial charge in [0.1, 0.15) is 0 Å². The molecule has 18 heavy (non-hydrogen) atoms. The van der Waals surface area contributed by atoms with Gasteiger partial charge < -0.3 is 10.2 Å². The third-order valence-electron chi connectivity index (χ3n) is 3.80. The van der Waals surface area contributed by atoms with Crippen LogP contribution in [0.5, 0.6) is 0 Å². The maximum absolute atomic E-state index is 3.49. The molecule has 0 aliphatic carbocycles. The number of rotatable bonds is 0. The van der Waals surface area contributed by atoms with E-state index in [9.17, 15) is 0 Å². The lowest BCUT2D eigenvalue weighted by Gasteiger charge is -2.27. The van der Waals surface area contributed by atoms with Crippen molar-refractivity contribution in [1.82, 2.24) is 15.1 Å². The van der Waals surface area contributed by atoms with Crippen LogP contribution in [0.25, 0.3) is 0 Å². The standard InChI is InChI=1S/C14H27N4/c1-14-13-17-8-3-5-15-6-10-18(14)9-4-7-16(2)11-12-17/h4,9-10,14-15H,3,5-8,11-13H2,1-2H3/q+1/b9-4-,18-10?. The van der Waals surface area contributed by atoms with Crippen molar-refractivity contribution in [2.24, 2.45) is 0 Å². The van der Waals surface area contributed by atoms with Gasteiger partial charge in [-0.25, -0.2) is 4.58 Å². The van der Waals surface area contributed by atoms with Gasteiger partial charge >= 0.3 is 0 Å². The number of nitrogens with one attached hydrogen (secondary N) is 1. The van der Waals surface area contributed by atoms with Crippen LogP contribution in [0.2, 0.25) is 0 Å². The minimum absolute atomic E-state index is 0.560. The van der Waals surface area contributed by atoms with Gasteiger partial charge in [0.05, 0.1) is 13.1 Å². The lowest BCUT2D eigenvalue weighted by Crippen LogP contribution is -2.43. The summed E-state index contributed by atoms with van der Waals surface area (Å²) in [7, 11) is 2.20. The van der Waals surface area contributed by atoms with E-state index in [0.717, 1.165) is 32.7 Å². The fourth-order valence-corrected chi connectivity index (χ4v) is 2.60. The van der Waals surface area contributed by atoms with Gasteiger partial charge in [-0.05, 0) is 39.6 Å². The Morgan fingerprint density at radius 3 is 3.06 bits per heavy atom. The Bertz CT molecular complexity index is 311. The van der Waals surface area contributed by atoms with Crippen molar-refractivity contribution >= 4 is 6.21 Å². The molecule has 2 unspecified atom stereocenters. The van der Waals surface area contributed by atoms with Crippen LogP contribution >= 0.6 is 0 Å². The SMILES string of the molecule is CC1CN2CCCNCC=[N+]1/C=C\CN(C)CC2. The minimum atomic E-state index is 0.560. The van der Waals surface area contributed by atoms with Crippen molar-refractivity contribution in [1.29, 1.82) is 0 Å². The summed E-state index contributed by atoms with van der Waals surface area (Å²) >= 11 is 0. The monoisotopic (exact) mass is 251 g/mol. The highest BCUT2D eigenvalue weighted by atomic mass is 15.2. The molecule has 0 amide bonds. The fourth-order valence-electron chi connectivity index (χ4n) is 2.60. The Hall–Kier alpha value is -0.710. The summed E-state index contributed by atoms with van der Waals surface area (Å²) < 4.78 is 2.37. The molecule has 4 nitrogen and oxygen atoms in total. The summed E-state index contributed by atoms with van der Waals surface area (Å²) in [5.41, 5.74) is 0. The molecule has 0 radical (unpaired) electrons. The molecule has 2 bridgehead atoms. The molecule has 1 N–H and O–H groups in total. The molecule has 2 atom stereocenters. The number of hydrogen-bond donors (Lipinski definition) is 1. The van der Waals surface area contributed by atoms with E-state index in [1.807, 2.05) is 0 Å². The number of nitrogens with zero attached hydrogens (tertiary/aromatic N) is 3. The zero-order valence-electron chi connectivity index (χ0n) is 11.8. The molecule has 0 fully saturated rings. The lowest BCUT2D eigenvalue weighted by molar-refractivity contribution is -0.493. The van der Waals surface area contributed by atoms with Crippen LogP contribution in [0.3, 0.4) is 0 Å². The summed E-state index contributed by atoms with van der Waals surface area (Å²) in [6.07, 6.45) is 8.05. The van der Waals surface area contributed by atoms with Crippen molar-refractivity contribution in [3.8, 4) is 0 Å². The second kappa shape index (κ2) is 7.02. The first-order valence-electron chi connectivity index (χ1n) is 7.15. The maximum Gasteiger partial charge on any atom is 0.167 e. The highest BCUT2D eigenvalue weighted by Gasteiger charge is 2.19. The number of hydrogen-bond acceptors (Lipinski definition) is 3. The molecule has 2 heterocycles. The number of likely N-dealkylation sites (N-methyl/N-ethyl adjacent to an activating group) is 1. The first-order chi connectivity index (χ1) is 8.75. The van der Waals surface area contributed by atoms with Gasteiger partial charge in [-0.2, -0.15) is 0 Å². The molecule has 0 aromatic rings. The molecule has 2 aliphatic rings. The van der Waals surface area contributed by atoms with Gasteiger partial charge in [0, 0.05) is 19.6 Å². The Morgan fingerprint density at radius 2 is 2.17 bits per heavy atom. The first kappa shape index (κ1) is 13.7. The first-order valence-corrected chi connectivity index (χ1v) is 7.15. The fraction of sp³-hybridized carbons (Fsp3) is 0.786. The summed E-state index contributed by atoms with van der Waals surface area (Å²) in [6.45, 7) is 10.2. The average molecular weight is 251 g/mol. The Morgan fingerprint density at radius 1 is 1.28 bits per heavy atom. The average Bonchev–Trinajstić information content (AvgIpc) is 2.36. The highest BCUT2D eigenvalue weighted by molar-refractivity contribution is 5.54. The van der Waals surface area contributed by atoms with Crippen LogP contribution in [0.1, 0.15) is 13.3 Å². The summed E-state index contributed by atoms with van der Waals surface area (Å²) in [6, 6.07) is 0.560. The minimum Gasteiger partial charge on any atom is -0.308 e. The second-order valence-corrected chi connectivity index (χ2v) is 5.48. The Kier molecular flexibility index (Phi) is 5.35. The van der Waals surface area contributed by atoms with Gasteiger partial charge in [-0.15, -0.1) is 0 Å². The predicted octanol–water partition coefficient (Wildman–Crippen LogP) is 0.213. The highest BCUT2D eigenvalue weighted by Crippen LogP contribution is 2.03. The molecule has 0 aromatic carbocycles. The summed E-state index contributed by atoms with van der Waals surface area (Å²) in [5.74, 6) is 0. The van der Waals surface area contributed by atoms with Gasteiger partial charge in [0.2, 0.25) is 0 Å². The second-order valence-electron chi connectivity index (χ2n) is 5.48. The van der Waals surface area contributed by atoms with E-state index in [1.54, 1.807) is 0 Å². The van der Waals surface area contributed by atoms with E-state index < -0.39 is 0 Å². The van der Waals surface area contributed by atoms with Crippen LogP contribution in [0, 0.1) is 0 Å². The molecule has 2 aliphatic heterocycles. The van der Waals surface area contributed by atoms with Crippen molar-refractivity contribution in [3.63, 3.8) is 0 Å². The number of fused-ring (bicyclic) bond motifs is 3. The molecule has 2 rings (SSSR count). The van der Waals surface area contributed by atoms with Crippen LogP contribution in [0.4, 0.5) is 0 Å². The van der Waals surface area contributed by atoms with Gasteiger partial charge in [0.15, 0.2) is 18.5 Å². The third-order valence-corrected chi connectivity index (χ3v) is 3.80. The third kappa shape index (κ3) is 4.19. The van der Waals surface area contributed by atoms with Crippen LogP contribution in [0.15, 0.2) is 12.3 Å². The van der Waals surface area contributed by atoms with E-state index in [0.29, 0.717) is 6.04 Å². The molecule has 4 heteroatoms. The Labute approximate surface area is 111 Å². The molecule has 0 saturated carbocycles. The van der Waals surface area contributed by atoms with E-state index >= 15 is 0 Å². The normalized spacial score (nSPS) is 33.8. The quantitative estimate of drug-likeness (QED) is 0.622. The maximum atomic E-state index is 3.49. The molecular formula is C14H27N4+. The largest absolute Gasteiger partial charge is 0.308 e. The zero-order valence-corrected chi connectivity index (χ0v) is 11.8. The van der Waals surface area contributed by atoms with Crippen molar-refractivity contribution < 1.29 is 4.58 Å². The van der Waals surface area contributed by atoms with Crippen LogP contribution in [-0.4, -0.2) is 79.5 Å². The van der Waals surface area contributed by atoms with Crippen LogP contribution in [-0.2, 0) is 0 Å². The summed E-state index contributed by atoms with van der Waals surface area (Å²) in [5, 5.41) is 3.49. The molecule has 102 valence electrons. The Balaban J connectivity index is 2.16. The smallest absolute Gasteiger partial charge is 0.167 e. The predicted molar refractivity (Wildman–Crippen MR) is 76.4 cm³/mol. The molecular weight excluding hydrogens is 224 g/mol. The topological polar surface area (TPSA) is 21.5 Å². The molecule has 0 saturated heterocycles. The van der Waals surface area contributed by atoms with E-state index in [2.05, 4.69) is 52.2 Å².